The highest BCUT2D eigenvalue weighted by atomic mass is 32.1. The van der Waals surface area contributed by atoms with Crippen LogP contribution in [0.3, 0.4) is 0 Å². The monoisotopic (exact) mass is 442 g/mol. The van der Waals surface area contributed by atoms with Crippen LogP contribution in [0, 0.1) is 0 Å². The number of aromatic nitrogens is 1. The second-order valence-corrected chi connectivity index (χ2v) is 7.72. The second-order valence-electron chi connectivity index (χ2n) is 6.86. The molecule has 0 spiro atoms. The number of thiazole rings is 1. The average molecular weight is 443 g/mol. The van der Waals surface area contributed by atoms with E-state index in [-0.39, 0.29) is 12.5 Å². The molecule has 2 N–H and O–H groups in total. The number of carbonyl (C=O) groups is 1. The molecule has 3 aromatic carbocycles. The summed E-state index contributed by atoms with van der Waals surface area (Å²) in [5.74, 6) is 0.395. The lowest BCUT2D eigenvalue weighted by Gasteiger charge is -2.09. The summed E-state index contributed by atoms with van der Waals surface area (Å²) in [5.41, 5.74) is 6.72. The molecule has 0 fully saturated rings. The van der Waals surface area contributed by atoms with Crippen molar-refractivity contribution < 1.29 is 9.53 Å². The Morgan fingerprint density at radius 1 is 0.969 bits per heavy atom. The number of anilines is 1. The molecule has 7 heteroatoms. The van der Waals surface area contributed by atoms with Crippen molar-refractivity contribution in [3.63, 3.8) is 0 Å². The molecule has 0 aliphatic heterocycles. The van der Waals surface area contributed by atoms with Crippen LogP contribution in [-0.2, 0) is 11.3 Å². The van der Waals surface area contributed by atoms with Gasteiger partial charge in [-0.15, -0.1) is 11.3 Å². The quantitative estimate of drug-likeness (QED) is 0.284. The van der Waals surface area contributed by atoms with E-state index in [9.17, 15) is 4.79 Å². The molecule has 0 aliphatic rings. The Balaban J connectivity index is 1.31. The molecule has 0 radical (unpaired) electrons. The minimum Gasteiger partial charge on any atom is -0.483 e. The van der Waals surface area contributed by atoms with Gasteiger partial charge in [-0.05, 0) is 17.7 Å². The zero-order valence-electron chi connectivity index (χ0n) is 17.3. The second kappa shape index (κ2) is 10.9. The number of hydrogen-bond donors (Lipinski definition) is 2. The first-order chi connectivity index (χ1) is 15.8. The van der Waals surface area contributed by atoms with Crippen LogP contribution in [0.1, 0.15) is 11.1 Å². The van der Waals surface area contributed by atoms with Gasteiger partial charge in [0, 0.05) is 23.1 Å². The third kappa shape index (κ3) is 6.02. The summed E-state index contributed by atoms with van der Waals surface area (Å²) >= 11 is 1.48. The number of para-hydroxylation sites is 1. The van der Waals surface area contributed by atoms with Crippen LogP contribution in [-0.4, -0.2) is 23.7 Å². The molecular formula is C25H22N4O2S. The smallest absolute Gasteiger partial charge is 0.258 e. The van der Waals surface area contributed by atoms with Crippen molar-refractivity contribution in [2.45, 2.75) is 6.54 Å². The standard InChI is InChI=1S/C25H22N4O2S/c30-24(26-15-19-9-3-1-4-10-19)17-31-23-14-8-7-13-21(23)16-27-29-25-28-22(18-32-25)20-11-5-2-6-12-20/h1-14,16,18H,15,17H2,(H,26,30)(H,28,29). The molecule has 4 rings (SSSR count). The predicted molar refractivity (Wildman–Crippen MR) is 129 cm³/mol. The van der Waals surface area contributed by atoms with Gasteiger partial charge in [0.1, 0.15) is 5.75 Å². The van der Waals surface area contributed by atoms with Crippen molar-refractivity contribution >= 4 is 28.6 Å². The van der Waals surface area contributed by atoms with E-state index in [4.69, 9.17) is 4.74 Å². The Bertz CT molecular complexity index is 1180. The van der Waals surface area contributed by atoms with E-state index in [1.807, 2.05) is 90.3 Å². The van der Waals surface area contributed by atoms with Gasteiger partial charge in [-0.3, -0.25) is 10.2 Å². The van der Waals surface area contributed by atoms with Crippen LogP contribution in [0.25, 0.3) is 11.3 Å². The molecule has 0 bridgehead atoms. The van der Waals surface area contributed by atoms with Gasteiger partial charge in [-0.25, -0.2) is 4.98 Å². The largest absolute Gasteiger partial charge is 0.483 e. The van der Waals surface area contributed by atoms with Crippen LogP contribution in [0.5, 0.6) is 5.75 Å². The molecule has 0 atom stereocenters. The molecule has 4 aromatic rings. The summed E-state index contributed by atoms with van der Waals surface area (Å²) in [7, 11) is 0. The van der Waals surface area contributed by atoms with Gasteiger partial charge >= 0.3 is 0 Å². The van der Waals surface area contributed by atoms with Crippen LogP contribution < -0.4 is 15.5 Å². The maximum absolute atomic E-state index is 12.1. The highest BCUT2D eigenvalue weighted by Gasteiger charge is 2.06. The zero-order chi connectivity index (χ0) is 22.0. The molecule has 1 amide bonds. The maximum atomic E-state index is 12.1. The first-order valence-corrected chi connectivity index (χ1v) is 11.0. The van der Waals surface area contributed by atoms with Crippen LogP contribution in [0.4, 0.5) is 5.13 Å². The van der Waals surface area contributed by atoms with E-state index in [2.05, 4.69) is 20.8 Å². The van der Waals surface area contributed by atoms with Gasteiger partial charge in [-0.2, -0.15) is 5.10 Å². The third-order valence-electron chi connectivity index (χ3n) is 4.55. The average Bonchev–Trinajstić information content (AvgIpc) is 3.32. The molecule has 0 saturated heterocycles. The first kappa shape index (κ1) is 21.3. The van der Waals surface area contributed by atoms with Crippen LogP contribution in [0.15, 0.2) is 95.4 Å². The van der Waals surface area contributed by atoms with E-state index in [0.717, 1.165) is 22.4 Å². The van der Waals surface area contributed by atoms with Crippen molar-refractivity contribution in [1.82, 2.24) is 10.3 Å². The Morgan fingerprint density at radius 3 is 2.50 bits per heavy atom. The Kier molecular flexibility index (Phi) is 7.23. The molecule has 6 nitrogen and oxygen atoms in total. The number of nitrogens with one attached hydrogen (secondary N) is 2. The van der Waals surface area contributed by atoms with E-state index < -0.39 is 0 Å². The van der Waals surface area contributed by atoms with Gasteiger partial charge < -0.3 is 10.1 Å². The molecule has 1 heterocycles. The summed E-state index contributed by atoms with van der Waals surface area (Å²) in [5, 5.41) is 9.81. The van der Waals surface area contributed by atoms with E-state index in [1.54, 1.807) is 6.21 Å². The first-order valence-electron chi connectivity index (χ1n) is 10.1. The lowest BCUT2D eigenvalue weighted by atomic mass is 10.2. The van der Waals surface area contributed by atoms with Crippen molar-refractivity contribution in [3.8, 4) is 17.0 Å². The summed E-state index contributed by atoms with van der Waals surface area (Å²) in [4.78, 5) is 16.7. The SMILES string of the molecule is O=C(COc1ccccc1C=NNc1nc(-c2ccccc2)cs1)NCc1ccccc1. The fourth-order valence-electron chi connectivity index (χ4n) is 2.93. The number of nitrogens with zero attached hydrogens (tertiary/aromatic N) is 2. The Morgan fingerprint density at radius 2 is 1.69 bits per heavy atom. The number of hydrogen-bond acceptors (Lipinski definition) is 6. The fraction of sp³-hybridized carbons (Fsp3) is 0.0800. The number of benzene rings is 3. The van der Waals surface area contributed by atoms with Gasteiger partial charge in [0.15, 0.2) is 6.61 Å². The molecule has 0 aliphatic carbocycles. The number of rotatable bonds is 9. The number of carbonyl (C=O) groups excluding carboxylic acids is 1. The normalized spacial score (nSPS) is 10.8. The molecule has 160 valence electrons. The number of ether oxygens (including phenoxy) is 1. The molecule has 32 heavy (non-hydrogen) atoms. The lowest BCUT2D eigenvalue weighted by Crippen LogP contribution is -2.28. The lowest BCUT2D eigenvalue weighted by molar-refractivity contribution is -0.123. The number of hydrazone groups is 1. The highest BCUT2D eigenvalue weighted by Crippen LogP contribution is 2.24. The van der Waals surface area contributed by atoms with Crippen LogP contribution >= 0.6 is 11.3 Å². The Hall–Kier alpha value is -3.97. The molecular weight excluding hydrogens is 420 g/mol. The van der Waals surface area contributed by atoms with Crippen LogP contribution in [0.2, 0.25) is 0 Å². The minimum atomic E-state index is -0.185. The molecule has 0 saturated carbocycles. The summed E-state index contributed by atoms with van der Waals surface area (Å²) in [6, 6.07) is 27.2. The topological polar surface area (TPSA) is 75.6 Å². The minimum absolute atomic E-state index is 0.0714. The van der Waals surface area contributed by atoms with Gasteiger partial charge in [0.2, 0.25) is 5.13 Å². The maximum Gasteiger partial charge on any atom is 0.258 e. The number of amides is 1. The van der Waals surface area contributed by atoms with E-state index in [0.29, 0.717) is 17.4 Å². The predicted octanol–water partition coefficient (Wildman–Crippen LogP) is 4.95. The van der Waals surface area contributed by atoms with Crippen molar-refractivity contribution in [2.24, 2.45) is 5.10 Å². The fourth-order valence-corrected chi connectivity index (χ4v) is 3.60. The van der Waals surface area contributed by atoms with Gasteiger partial charge in [-0.1, -0.05) is 72.8 Å². The Labute approximate surface area is 190 Å². The van der Waals surface area contributed by atoms with Crippen molar-refractivity contribution in [2.75, 3.05) is 12.0 Å². The third-order valence-corrected chi connectivity index (χ3v) is 5.29. The highest BCUT2D eigenvalue weighted by molar-refractivity contribution is 7.14. The van der Waals surface area contributed by atoms with E-state index >= 15 is 0 Å². The van der Waals surface area contributed by atoms with E-state index in [1.165, 1.54) is 11.3 Å². The van der Waals surface area contributed by atoms with Crippen molar-refractivity contribution in [3.05, 3.63) is 101 Å². The summed E-state index contributed by atoms with van der Waals surface area (Å²) < 4.78 is 5.71. The summed E-state index contributed by atoms with van der Waals surface area (Å²) in [6.45, 7) is 0.396. The summed E-state index contributed by atoms with van der Waals surface area (Å²) in [6.07, 6.45) is 1.65. The zero-order valence-corrected chi connectivity index (χ0v) is 18.1. The molecule has 0 unspecified atom stereocenters. The van der Waals surface area contributed by atoms with Crippen molar-refractivity contribution in [1.29, 1.82) is 0 Å². The molecule has 1 aromatic heterocycles. The van der Waals surface area contributed by atoms with Gasteiger partial charge in [0.05, 0.1) is 11.9 Å². The van der Waals surface area contributed by atoms with Gasteiger partial charge in [0.25, 0.3) is 5.91 Å².